The summed E-state index contributed by atoms with van der Waals surface area (Å²) in [5.41, 5.74) is 5.01. The van der Waals surface area contributed by atoms with Crippen LogP contribution in [-0.4, -0.2) is 4.98 Å². The number of hydrogen-bond acceptors (Lipinski definition) is 1. The molecule has 0 aliphatic carbocycles. The summed E-state index contributed by atoms with van der Waals surface area (Å²) in [5.74, 6) is 0. The SMILES string of the molecule is c1ccc(-c2ccc3sc4c5ccccc5[nH]c4c3c2)cc1. The second-order valence-electron chi connectivity index (χ2n) is 5.55. The van der Waals surface area contributed by atoms with E-state index in [9.17, 15) is 0 Å². The Hall–Kier alpha value is -2.58. The Balaban J connectivity index is 1.85. The van der Waals surface area contributed by atoms with Crippen molar-refractivity contribution in [3.8, 4) is 11.1 Å². The Morgan fingerprint density at radius 2 is 1.50 bits per heavy atom. The highest BCUT2D eigenvalue weighted by atomic mass is 32.1. The second kappa shape index (κ2) is 4.46. The molecular weight excluding hydrogens is 286 g/mol. The standard InChI is InChI=1S/C20H13NS/c1-2-6-13(7-3-1)14-10-11-18-16(12-14)19-20(22-18)15-8-4-5-9-17(15)21-19/h1-12,21H. The summed E-state index contributed by atoms with van der Waals surface area (Å²) in [6.45, 7) is 0. The van der Waals surface area contributed by atoms with Gasteiger partial charge in [-0.1, -0.05) is 54.6 Å². The van der Waals surface area contributed by atoms with Crippen LogP contribution in [-0.2, 0) is 0 Å². The van der Waals surface area contributed by atoms with Crippen LogP contribution < -0.4 is 0 Å². The largest absolute Gasteiger partial charge is 0.353 e. The van der Waals surface area contributed by atoms with Gasteiger partial charge in [-0.25, -0.2) is 0 Å². The lowest BCUT2D eigenvalue weighted by Gasteiger charge is -2.01. The van der Waals surface area contributed by atoms with E-state index in [0.29, 0.717) is 0 Å². The summed E-state index contributed by atoms with van der Waals surface area (Å²) < 4.78 is 2.70. The van der Waals surface area contributed by atoms with E-state index in [1.807, 2.05) is 11.3 Å². The first-order valence-electron chi connectivity index (χ1n) is 7.38. The van der Waals surface area contributed by atoms with Gasteiger partial charge in [0, 0.05) is 21.0 Å². The Bertz CT molecular complexity index is 1120. The molecule has 0 unspecified atom stereocenters. The van der Waals surface area contributed by atoms with Gasteiger partial charge in [0.1, 0.15) is 0 Å². The van der Waals surface area contributed by atoms with Gasteiger partial charge in [-0.15, -0.1) is 11.3 Å². The van der Waals surface area contributed by atoms with Gasteiger partial charge in [0.25, 0.3) is 0 Å². The van der Waals surface area contributed by atoms with Crippen LogP contribution in [0, 0.1) is 0 Å². The third-order valence-electron chi connectivity index (χ3n) is 4.23. The molecule has 0 radical (unpaired) electrons. The number of fused-ring (bicyclic) bond motifs is 5. The normalized spacial score (nSPS) is 11.6. The number of H-pyrrole nitrogens is 1. The summed E-state index contributed by atoms with van der Waals surface area (Å²) in [5, 5.41) is 2.64. The number of aromatic amines is 1. The minimum atomic E-state index is 1.22. The number of nitrogens with one attached hydrogen (secondary N) is 1. The van der Waals surface area contributed by atoms with Crippen molar-refractivity contribution in [2.45, 2.75) is 0 Å². The van der Waals surface area contributed by atoms with Crippen molar-refractivity contribution < 1.29 is 0 Å². The monoisotopic (exact) mass is 299 g/mol. The molecule has 0 aliphatic heterocycles. The Morgan fingerprint density at radius 1 is 0.682 bits per heavy atom. The molecule has 0 aliphatic rings. The zero-order valence-corrected chi connectivity index (χ0v) is 12.7. The van der Waals surface area contributed by atoms with Crippen LogP contribution in [0.15, 0.2) is 72.8 Å². The van der Waals surface area contributed by atoms with Crippen molar-refractivity contribution >= 4 is 42.5 Å². The van der Waals surface area contributed by atoms with E-state index in [-0.39, 0.29) is 0 Å². The van der Waals surface area contributed by atoms with Crippen LogP contribution >= 0.6 is 11.3 Å². The van der Waals surface area contributed by atoms with Crippen molar-refractivity contribution in [1.82, 2.24) is 4.98 Å². The summed E-state index contributed by atoms with van der Waals surface area (Å²) in [7, 11) is 0. The maximum atomic E-state index is 3.59. The van der Waals surface area contributed by atoms with E-state index in [4.69, 9.17) is 0 Å². The van der Waals surface area contributed by atoms with Crippen molar-refractivity contribution in [3.63, 3.8) is 0 Å². The first-order valence-corrected chi connectivity index (χ1v) is 8.20. The molecule has 3 aromatic carbocycles. The van der Waals surface area contributed by atoms with E-state index in [0.717, 1.165) is 0 Å². The van der Waals surface area contributed by atoms with E-state index < -0.39 is 0 Å². The van der Waals surface area contributed by atoms with Crippen LogP contribution in [0.25, 0.3) is 42.3 Å². The molecular formula is C20H13NS. The number of hydrogen-bond donors (Lipinski definition) is 1. The molecule has 2 heteroatoms. The first kappa shape index (κ1) is 12.0. The molecule has 0 bridgehead atoms. The van der Waals surface area contributed by atoms with Crippen LogP contribution in [0.4, 0.5) is 0 Å². The first-order chi connectivity index (χ1) is 10.9. The van der Waals surface area contributed by atoms with Crippen molar-refractivity contribution in [2.75, 3.05) is 0 Å². The molecule has 0 saturated heterocycles. The third-order valence-corrected chi connectivity index (χ3v) is 5.43. The van der Waals surface area contributed by atoms with Gasteiger partial charge in [0.15, 0.2) is 0 Å². The fraction of sp³-hybridized carbons (Fsp3) is 0. The Kier molecular flexibility index (Phi) is 2.43. The van der Waals surface area contributed by atoms with Crippen LogP contribution in [0.2, 0.25) is 0 Å². The zero-order chi connectivity index (χ0) is 14.5. The molecule has 1 nitrogen and oxygen atoms in total. The van der Waals surface area contributed by atoms with Crippen LogP contribution in [0.3, 0.4) is 0 Å². The van der Waals surface area contributed by atoms with Gasteiger partial charge in [0.2, 0.25) is 0 Å². The summed E-state index contributed by atoms with van der Waals surface area (Å²) in [4.78, 5) is 3.59. The molecule has 0 fully saturated rings. The molecule has 22 heavy (non-hydrogen) atoms. The molecule has 2 aromatic heterocycles. The van der Waals surface area contributed by atoms with E-state index in [1.165, 1.54) is 42.3 Å². The Labute approximate surface area is 131 Å². The molecule has 1 N–H and O–H groups in total. The lowest BCUT2D eigenvalue weighted by Crippen LogP contribution is -1.76. The predicted octanol–water partition coefficient (Wildman–Crippen LogP) is 6.20. The highest BCUT2D eigenvalue weighted by Gasteiger charge is 2.11. The van der Waals surface area contributed by atoms with Gasteiger partial charge >= 0.3 is 0 Å². The molecule has 0 amide bonds. The quantitative estimate of drug-likeness (QED) is 0.379. The van der Waals surface area contributed by atoms with E-state index in [2.05, 4.69) is 77.8 Å². The van der Waals surface area contributed by atoms with Crippen molar-refractivity contribution in [2.24, 2.45) is 0 Å². The minimum absolute atomic E-state index is 1.22. The number of rotatable bonds is 1. The average molecular weight is 299 g/mol. The number of para-hydroxylation sites is 1. The van der Waals surface area contributed by atoms with Crippen molar-refractivity contribution in [3.05, 3.63) is 72.8 Å². The summed E-state index contributed by atoms with van der Waals surface area (Å²) in [6, 6.07) is 25.9. The van der Waals surface area contributed by atoms with Gasteiger partial charge in [0.05, 0.1) is 10.2 Å². The summed E-state index contributed by atoms with van der Waals surface area (Å²) >= 11 is 1.87. The van der Waals surface area contributed by atoms with Gasteiger partial charge < -0.3 is 4.98 Å². The molecule has 0 saturated carbocycles. The molecule has 5 aromatic rings. The molecule has 0 atom stereocenters. The highest BCUT2D eigenvalue weighted by molar-refractivity contribution is 7.26. The maximum absolute atomic E-state index is 3.59. The zero-order valence-electron chi connectivity index (χ0n) is 11.8. The van der Waals surface area contributed by atoms with Gasteiger partial charge in [-0.3, -0.25) is 0 Å². The highest BCUT2D eigenvalue weighted by Crippen LogP contribution is 2.39. The lowest BCUT2D eigenvalue weighted by atomic mass is 10.0. The number of aromatic nitrogens is 1. The average Bonchev–Trinajstić information content (AvgIpc) is 3.11. The van der Waals surface area contributed by atoms with Crippen LogP contribution in [0.5, 0.6) is 0 Å². The van der Waals surface area contributed by atoms with Crippen molar-refractivity contribution in [1.29, 1.82) is 0 Å². The smallest absolute Gasteiger partial charge is 0.0654 e. The molecule has 104 valence electrons. The Morgan fingerprint density at radius 3 is 2.41 bits per heavy atom. The lowest BCUT2D eigenvalue weighted by molar-refractivity contribution is 1.57. The number of thiophene rings is 1. The second-order valence-corrected chi connectivity index (χ2v) is 6.61. The van der Waals surface area contributed by atoms with Gasteiger partial charge in [-0.2, -0.15) is 0 Å². The van der Waals surface area contributed by atoms with Crippen LogP contribution in [0.1, 0.15) is 0 Å². The van der Waals surface area contributed by atoms with E-state index >= 15 is 0 Å². The number of benzene rings is 3. The fourth-order valence-corrected chi connectivity index (χ4v) is 4.32. The minimum Gasteiger partial charge on any atom is -0.353 e. The summed E-state index contributed by atoms with van der Waals surface area (Å²) in [6.07, 6.45) is 0. The molecule has 5 rings (SSSR count). The fourth-order valence-electron chi connectivity index (χ4n) is 3.15. The molecule has 2 heterocycles. The maximum Gasteiger partial charge on any atom is 0.0654 e. The third kappa shape index (κ3) is 1.65. The van der Waals surface area contributed by atoms with E-state index in [1.54, 1.807) is 0 Å². The molecule has 0 spiro atoms. The predicted molar refractivity (Wildman–Crippen MR) is 96.6 cm³/mol. The topological polar surface area (TPSA) is 15.8 Å². The van der Waals surface area contributed by atoms with Gasteiger partial charge in [-0.05, 0) is 29.3 Å².